The Morgan fingerprint density at radius 1 is 1.12 bits per heavy atom. The van der Waals surface area contributed by atoms with Crippen LogP contribution in [0.2, 0.25) is 0 Å². The van der Waals surface area contributed by atoms with Crippen molar-refractivity contribution in [3.63, 3.8) is 0 Å². The molecule has 3 aromatic rings. The second-order valence-corrected chi connectivity index (χ2v) is 9.17. The lowest BCUT2D eigenvalue weighted by molar-refractivity contribution is 0.0829. The van der Waals surface area contributed by atoms with Crippen LogP contribution in [0.3, 0.4) is 0 Å². The number of aromatic nitrogens is 2. The molecule has 2 aromatic heterocycles. The van der Waals surface area contributed by atoms with Gasteiger partial charge >= 0.3 is 0 Å². The number of rotatable bonds is 7. The quantitative estimate of drug-likeness (QED) is 0.571. The third-order valence-electron chi connectivity index (χ3n) is 6.48. The van der Waals surface area contributed by atoms with Crippen LogP contribution in [0.1, 0.15) is 77.2 Å². The topological polar surface area (TPSA) is 88.3 Å². The maximum absolute atomic E-state index is 12.8. The highest BCUT2D eigenvalue weighted by Crippen LogP contribution is 2.36. The molecule has 1 fully saturated rings. The Hall–Kier alpha value is -3.22. The second kappa shape index (κ2) is 10.1. The van der Waals surface area contributed by atoms with Gasteiger partial charge in [0.15, 0.2) is 5.69 Å². The van der Waals surface area contributed by atoms with E-state index in [0.717, 1.165) is 60.9 Å². The molecule has 0 spiro atoms. The van der Waals surface area contributed by atoms with E-state index in [1.807, 2.05) is 30.3 Å². The summed E-state index contributed by atoms with van der Waals surface area (Å²) in [5, 5.41) is 7.79. The van der Waals surface area contributed by atoms with Gasteiger partial charge in [0.1, 0.15) is 5.76 Å². The molecule has 33 heavy (non-hydrogen) atoms. The number of hydrogen-bond donors (Lipinski definition) is 1. The van der Waals surface area contributed by atoms with Gasteiger partial charge in [-0.15, -0.1) is 0 Å². The Kier molecular flexibility index (Phi) is 7.06. The van der Waals surface area contributed by atoms with E-state index in [1.165, 1.54) is 0 Å². The maximum Gasteiger partial charge on any atom is 0.273 e. The molecule has 1 aliphatic rings. The third kappa shape index (κ3) is 5.24. The predicted molar refractivity (Wildman–Crippen MR) is 127 cm³/mol. The molecule has 174 valence electrons. The van der Waals surface area contributed by atoms with Crippen LogP contribution in [-0.4, -0.2) is 47.5 Å². The molecule has 1 saturated carbocycles. The van der Waals surface area contributed by atoms with Gasteiger partial charge in [-0.05, 0) is 50.2 Å². The van der Waals surface area contributed by atoms with Crippen molar-refractivity contribution < 1.29 is 14.1 Å². The number of fused-ring (bicyclic) bond motifs is 1. The fourth-order valence-electron chi connectivity index (χ4n) is 4.60. The Balaban J connectivity index is 1.38. The van der Waals surface area contributed by atoms with Crippen LogP contribution in [0, 0.1) is 5.92 Å². The Morgan fingerprint density at radius 3 is 2.61 bits per heavy atom. The molecule has 1 aromatic carbocycles. The molecule has 0 aliphatic heterocycles. The third-order valence-corrected chi connectivity index (χ3v) is 6.48. The minimum atomic E-state index is -0.175. The highest BCUT2D eigenvalue weighted by Gasteiger charge is 2.26. The van der Waals surface area contributed by atoms with Crippen LogP contribution >= 0.6 is 0 Å². The number of aryl methyl sites for hydroxylation is 1. The average molecular weight is 449 g/mol. The summed E-state index contributed by atoms with van der Waals surface area (Å²) < 4.78 is 5.21. The van der Waals surface area contributed by atoms with Gasteiger partial charge < -0.3 is 14.7 Å². The summed E-state index contributed by atoms with van der Waals surface area (Å²) in [5.41, 5.74) is 2.92. The normalized spacial score (nSPS) is 18.3. The van der Waals surface area contributed by atoms with Crippen molar-refractivity contribution in [3.05, 3.63) is 59.1 Å². The Labute approximate surface area is 194 Å². The van der Waals surface area contributed by atoms with Crippen LogP contribution in [0.4, 0.5) is 0 Å². The number of nitrogens with one attached hydrogen (secondary N) is 1. The van der Waals surface area contributed by atoms with E-state index in [9.17, 15) is 9.59 Å². The number of amides is 2. The molecule has 0 bridgehead atoms. The van der Waals surface area contributed by atoms with Crippen LogP contribution in [0.15, 0.2) is 40.9 Å². The molecule has 1 aliphatic carbocycles. The van der Waals surface area contributed by atoms with Gasteiger partial charge in [-0.1, -0.05) is 30.3 Å². The smallest absolute Gasteiger partial charge is 0.273 e. The monoisotopic (exact) mass is 448 g/mol. The molecule has 2 amide bonds. The largest absolute Gasteiger partial charge is 0.361 e. The number of para-hydroxylation sites is 1. The van der Waals surface area contributed by atoms with Crippen LogP contribution in [0.25, 0.3) is 10.9 Å². The van der Waals surface area contributed by atoms with Crippen molar-refractivity contribution in [2.45, 2.75) is 51.4 Å². The summed E-state index contributed by atoms with van der Waals surface area (Å²) in [4.78, 5) is 31.7. The summed E-state index contributed by atoms with van der Waals surface area (Å²) in [5.74, 6) is 1.32. The maximum atomic E-state index is 12.8. The molecule has 2 heterocycles. The SMILES string of the molecule is CCCc1cc(C(=O)NCC2CCC(c3cc(C(=O)N(C)C)c4ccccc4n3)CC2)no1. The van der Waals surface area contributed by atoms with Gasteiger partial charge in [0.2, 0.25) is 0 Å². The molecule has 0 atom stereocenters. The molecule has 0 saturated heterocycles. The Morgan fingerprint density at radius 2 is 1.88 bits per heavy atom. The lowest BCUT2D eigenvalue weighted by atomic mass is 9.80. The molecular formula is C26H32N4O3. The number of hydrogen-bond acceptors (Lipinski definition) is 5. The molecule has 7 heteroatoms. The van der Waals surface area contributed by atoms with Crippen molar-refractivity contribution in [2.75, 3.05) is 20.6 Å². The zero-order valence-corrected chi connectivity index (χ0v) is 19.6. The summed E-state index contributed by atoms with van der Waals surface area (Å²) in [6.45, 7) is 2.70. The van der Waals surface area contributed by atoms with E-state index in [0.29, 0.717) is 29.6 Å². The van der Waals surface area contributed by atoms with E-state index >= 15 is 0 Å². The summed E-state index contributed by atoms with van der Waals surface area (Å²) in [6.07, 6.45) is 5.75. The summed E-state index contributed by atoms with van der Waals surface area (Å²) >= 11 is 0. The fraction of sp³-hybridized carbons (Fsp3) is 0.462. The zero-order valence-electron chi connectivity index (χ0n) is 19.6. The molecule has 4 rings (SSSR count). The predicted octanol–water partition coefficient (Wildman–Crippen LogP) is 4.58. The first-order valence-corrected chi connectivity index (χ1v) is 11.8. The van der Waals surface area contributed by atoms with Crippen molar-refractivity contribution >= 4 is 22.7 Å². The fourth-order valence-corrected chi connectivity index (χ4v) is 4.60. The second-order valence-electron chi connectivity index (χ2n) is 9.17. The van der Waals surface area contributed by atoms with E-state index in [1.54, 1.807) is 25.1 Å². The lowest BCUT2D eigenvalue weighted by Crippen LogP contribution is -2.31. The molecule has 1 N–H and O–H groups in total. The number of pyridine rings is 1. The van der Waals surface area contributed by atoms with Crippen LogP contribution < -0.4 is 5.32 Å². The molecular weight excluding hydrogens is 416 g/mol. The van der Waals surface area contributed by atoms with Crippen molar-refractivity contribution in [1.29, 1.82) is 0 Å². The van der Waals surface area contributed by atoms with Gasteiger partial charge in [-0.25, -0.2) is 0 Å². The van der Waals surface area contributed by atoms with Gasteiger partial charge in [-0.3, -0.25) is 14.6 Å². The van der Waals surface area contributed by atoms with Gasteiger partial charge in [0.25, 0.3) is 11.8 Å². The first-order valence-electron chi connectivity index (χ1n) is 11.8. The van der Waals surface area contributed by atoms with Crippen molar-refractivity contribution in [2.24, 2.45) is 5.92 Å². The van der Waals surface area contributed by atoms with E-state index in [2.05, 4.69) is 17.4 Å². The van der Waals surface area contributed by atoms with Crippen molar-refractivity contribution in [3.8, 4) is 0 Å². The molecule has 0 unspecified atom stereocenters. The summed E-state index contributed by atoms with van der Waals surface area (Å²) in [6, 6.07) is 11.6. The van der Waals surface area contributed by atoms with Crippen molar-refractivity contribution in [1.82, 2.24) is 20.4 Å². The van der Waals surface area contributed by atoms with E-state index in [-0.39, 0.29) is 11.8 Å². The number of nitrogens with zero attached hydrogens (tertiary/aromatic N) is 3. The number of carbonyl (C=O) groups excluding carboxylic acids is 2. The minimum Gasteiger partial charge on any atom is -0.361 e. The van der Waals surface area contributed by atoms with Gasteiger partial charge in [0.05, 0.1) is 11.1 Å². The highest BCUT2D eigenvalue weighted by atomic mass is 16.5. The molecule has 0 radical (unpaired) electrons. The van der Waals surface area contributed by atoms with Crippen LogP contribution in [-0.2, 0) is 6.42 Å². The van der Waals surface area contributed by atoms with E-state index in [4.69, 9.17) is 9.51 Å². The molecule has 7 nitrogen and oxygen atoms in total. The van der Waals surface area contributed by atoms with Gasteiger partial charge in [-0.2, -0.15) is 0 Å². The average Bonchev–Trinajstić information content (AvgIpc) is 3.30. The number of carbonyl (C=O) groups is 2. The number of benzene rings is 1. The van der Waals surface area contributed by atoms with E-state index < -0.39 is 0 Å². The lowest BCUT2D eigenvalue weighted by Gasteiger charge is -2.28. The zero-order chi connectivity index (χ0) is 23.4. The summed E-state index contributed by atoms with van der Waals surface area (Å²) in [7, 11) is 3.56. The highest BCUT2D eigenvalue weighted by molar-refractivity contribution is 6.06. The first kappa shape index (κ1) is 23.0. The Bertz CT molecular complexity index is 1130. The first-order chi connectivity index (χ1) is 16.0. The van der Waals surface area contributed by atoms with Gasteiger partial charge in [0, 0.05) is 50.1 Å². The standard InChI is InChI=1S/C26H32N4O3/c1-4-7-19-14-24(29-33-19)25(31)27-16-17-10-12-18(13-11-17)23-15-21(26(32)30(2)3)20-8-5-6-9-22(20)28-23/h5-6,8-9,14-15,17-18H,4,7,10-13,16H2,1-3H3,(H,27,31). The van der Waals surface area contributed by atoms with Crippen LogP contribution in [0.5, 0.6) is 0 Å². The minimum absolute atomic E-state index is 0.00111.